The maximum absolute atomic E-state index is 13.4. The number of carbonyl (C=O) groups is 1. The van der Waals surface area contributed by atoms with Crippen LogP contribution < -0.4 is 0 Å². The molecule has 4 rings (SSSR count). The lowest BCUT2D eigenvalue weighted by Crippen LogP contribution is -2.60. The van der Waals surface area contributed by atoms with Crippen molar-refractivity contribution in [2.75, 3.05) is 13.2 Å². The lowest BCUT2D eigenvalue weighted by atomic mass is 9.78. The first kappa shape index (κ1) is 17.8. The van der Waals surface area contributed by atoms with E-state index in [4.69, 9.17) is 16.3 Å². The Hall–Kier alpha value is -1.63. The molecule has 2 aliphatic rings. The third-order valence-corrected chi connectivity index (χ3v) is 6.02. The molecule has 7 heteroatoms. The van der Waals surface area contributed by atoms with Gasteiger partial charge in [-0.05, 0) is 30.9 Å². The van der Waals surface area contributed by atoms with Crippen LogP contribution in [0.2, 0.25) is 0 Å². The highest BCUT2D eigenvalue weighted by molar-refractivity contribution is 6.21. The third kappa shape index (κ3) is 3.21. The molecule has 1 aliphatic heterocycles. The van der Waals surface area contributed by atoms with Crippen LogP contribution in [-0.2, 0) is 4.74 Å². The zero-order chi connectivity index (χ0) is 18.3. The second kappa shape index (κ2) is 6.83. The number of carbonyl (C=O) groups excluding carboxylic acids is 1. The van der Waals surface area contributed by atoms with E-state index in [9.17, 15) is 9.90 Å². The summed E-state index contributed by atoms with van der Waals surface area (Å²) in [7, 11) is 0. The highest BCUT2D eigenvalue weighted by Crippen LogP contribution is 2.35. The normalized spacial score (nSPS) is 31.6. The number of halogens is 1. The molecule has 0 aromatic carbocycles. The van der Waals surface area contributed by atoms with Gasteiger partial charge in [-0.3, -0.25) is 4.79 Å². The maximum Gasteiger partial charge on any atom is 0.256 e. The number of nitrogens with zero attached hydrogens (tertiary/aromatic N) is 2. The molecule has 0 radical (unpaired) electrons. The van der Waals surface area contributed by atoms with Crippen molar-refractivity contribution in [3.8, 4) is 0 Å². The number of amides is 1. The average Bonchev–Trinajstić information content (AvgIpc) is 3.03. The van der Waals surface area contributed by atoms with Gasteiger partial charge in [0, 0.05) is 17.8 Å². The van der Waals surface area contributed by atoms with E-state index >= 15 is 0 Å². The highest BCUT2D eigenvalue weighted by Gasteiger charge is 2.44. The molecule has 2 N–H and O–H groups in total. The van der Waals surface area contributed by atoms with Gasteiger partial charge in [0.1, 0.15) is 5.65 Å². The number of H-pyrrole nitrogens is 1. The molecular formula is C19H24ClN3O3. The smallest absolute Gasteiger partial charge is 0.256 e. The van der Waals surface area contributed by atoms with Gasteiger partial charge in [0.2, 0.25) is 0 Å². The second-order valence-corrected chi connectivity index (χ2v) is 8.14. The number of hydrogen-bond donors (Lipinski definition) is 2. The predicted molar refractivity (Wildman–Crippen MR) is 99.1 cm³/mol. The molecule has 0 bridgehead atoms. The van der Waals surface area contributed by atoms with Gasteiger partial charge in [0.15, 0.2) is 5.56 Å². The minimum atomic E-state index is -0.871. The lowest BCUT2D eigenvalue weighted by molar-refractivity contribution is -0.108. The first-order valence-electron chi connectivity index (χ1n) is 9.18. The fourth-order valence-corrected chi connectivity index (χ4v) is 4.49. The van der Waals surface area contributed by atoms with E-state index in [0.29, 0.717) is 36.6 Å². The molecule has 1 aliphatic carbocycles. The molecule has 6 nitrogen and oxygen atoms in total. The van der Waals surface area contributed by atoms with Gasteiger partial charge in [-0.2, -0.15) is 0 Å². The van der Waals surface area contributed by atoms with Crippen LogP contribution in [0.15, 0.2) is 24.5 Å². The fourth-order valence-electron chi connectivity index (χ4n) is 4.21. The Morgan fingerprint density at radius 3 is 3.12 bits per heavy atom. The molecule has 1 saturated heterocycles. The van der Waals surface area contributed by atoms with E-state index in [1.807, 2.05) is 12.1 Å². The SMILES string of the molecule is C[C@H]1CCC[C@@](O)(CN(C(=O)c2c[nH]c3ncccc23)C2COC2Cl)C1. The van der Waals surface area contributed by atoms with Crippen molar-refractivity contribution in [2.45, 2.75) is 49.8 Å². The summed E-state index contributed by atoms with van der Waals surface area (Å²) in [6, 6.07) is 3.45. The molecule has 2 aromatic rings. The summed E-state index contributed by atoms with van der Waals surface area (Å²) in [4.78, 5) is 22.3. The summed E-state index contributed by atoms with van der Waals surface area (Å²) in [5.74, 6) is 0.308. The number of pyridine rings is 1. The quantitative estimate of drug-likeness (QED) is 0.803. The van der Waals surface area contributed by atoms with E-state index < -0.39 is 11.2 Å². The monoisotopic (exact) mass is 377 g/mol. The van der Waals surface area contributed by atoms with Gasteiger partial charge in [0.05, 0.1) is 30.4 Å². The van der Waals surface area contributed by atoms with Gasteiger partial charge in [-0.15, -0.1) is 0 Å². The van der Waals surface area contributed by atoms with Crippen molar-refractivity contribution < 1.29 is 14.6 Å². The Labute approximate surface area is 157 Å². The molecule has 1 amide bonds. The van der Waals surface area contributed by atoms with Crippen LogP contribution in [0.4, 0.5) is 0 Å². The summed E-state index contributed by atoms with van der Waals surface area (Å²) in [5.41, 5.74) is -0.180. The van der Waals surface area contributed by atoms with Crippen LogP contribution in [0, 0.1) is 5.92 Å². The Bertz CT molecular complexity index is 810. The lowest BCUT2D eigenvalue weighted by Gasteiger charge is -2.46. The van der Waals surface area contributed by atoms with E-state index in [2.05, 4.69) is 16.9 Å². The Morgan fingerprint density at radius 1 is 1.58 bits per heavy atom. The van der Waals surface area contributed by atoms with Crippen molar-refractivity contribution in [3.63, 3.8) is 0 Å². The first-order chi connectivity index (χ1) is 12.5. The summed E-state index contributed by atoms with van der Waals surface area (Å²) in [5, 5.41) is 11.9. The Morgan fingerprint density at radius 2 is 2.42 bits per heavy atom. The molecule has 1 saturated carbocycles. The molecule has 26 heavy (non-hydrogen) atoms. The van der Waals surface area contributed by atoms with Crippen molar-refractivity contribution in [2.24, 2.45) is 5.92 Å². The van der Waals surface area contributed by atoms with Crippen LogP contribution in [0.5, 0.6) is 0 Å². The topological polar surface area (TPSA) is 78.5 Å². The summed E-state index contributed by atoms with van der Waals surface area (Å²) in [6.45, 7) is 2.82. The van der Waals surface area contributed by atoms with Crippen LogP contribution in [0.3, 0.4) is 0 Å². The number of hydrogen-bond acceptors (Lipinski definition) is 4. The molecule has 4 atom stereocenters. The zero-order valence-electron chi connectivity index (χ0n) is 14.8. The van der Waals surface area contributed by atoms with Gasteiger partial charge in [-0.1, -0.05) is 31.4 Å². The van der Waals surface area contributed by atoms with Crippen molar-refractivity contribution in [3.05, 3.63) is 30.1 Å². The second-order valence-electron chi connectivity index (χ2n) is 7.71. The van der Waals surface area contributed by atoms with Gasteiger partial charge in [0.25, 0.3) is 5.91 Å². The number of aromatic nitrogens is 2. The minimum absolute atomic E-state index is 0.144. The van der Waals surface area contributed by atoms with Crippen LogP contribution in [0.25, 0.3) is 11.0 Å². The summed E-state index contributed by atoms with van der Waals surface area (Å²) in [6.07, 6.45) is 6.87. The number of aliphatic hydroxyl groups is 1. The van der Waals surface area contributed by atoms with Crippen LogP contribution >= 0.6 is 11.6 Å². The maximum atomic E-state index is 13.4. The van der Waals surface area contributed by atoms with E-state index in [1.165, 1.54) is 0 Å². The number of nitrogens with one attached hydrogen (secondary N) is 1. The number of fused-ring (bicyclic) bond motifs is 1. The molecular weight excluding hydrogens is 354 g/mol. The molecule has 140 valence electrons. The summed E-state index contributed by atoms with van der Waals surface area (Å²) >= 11 is 6.21. The number of alkyl halides is 1. The Balaban J connectivity index is 1.64. The predicted octanol–water partition coefficient (Wildman–Crippen LogP) is 2.91. The molecule has 2 unspecified atom stereocenters. The summed E-state index contributed by atoms with van der Waals surface area (Å²) < 4.78 is 5.29. The van der Waals surface area contributed by atoms with Gasteiger partial charge >= 0.3 is 0 Å². The molecule has 2 fully saturated rings. The largest absolute Gasteiger partial charge is 0.388 e. The molecule has 2 aromatic heterocycles. The standard InChI is InChI=1S/C19H24ClN3O3/c1-12-4-2-6-19(25,8-12)11-23(15-10-26-16(15)20)18(24)14-9-22-17-13(14)5-3-7-21-17/h3,5,7,9,12,15-16,25H,2,4,6,8,10-11H2,1H3,(H,21,22)/t12-,15?,16?,19-/m0/s1. The fraction of sp³-hybridized carbons (Fsp3) is 0.579. The average molecular weight is 378 g/mol. The van der Waals surface area contributed by atoms with Crippen LogP contribution in [0.1, 0.15) is 43.0 Å². The van der Waals surface area contributed by atoms with E-state index in [-0.39, 0.29) is 18.5 Å². The Kier molecular flexibility index (Phi) is 4.67. The number of rotatable bonds is 4. The highest BCUT2D eigenvalue weighted by atomic mass is 35.5. The van der Waals surface area contributed by atoms with Gasteiger partial charge < -0.3 is 19.7 Å². The number of aromatic amines is 1. The van der Waals surface area contributed by atoms with E-state index in [1.54, 1.807) is 17.3 Å². The van der Waals surface area contributed by atoms with Crippen molar-refractivity contribution >= 4 is 28.5 Å². The minimum Gasteiger partial charge on any atom is -0.388 e. The molecule has 0 spiro atoms. The van der Waals surface area contributed by atoms with Gasteiger partial charge in [-0.25, -0.2) is 4.98 Å². The zero-order valence-corrected chi connectivity index (χ0v) is 15.6. The molecule has 3 heterocycles. The van der Waals surface area contributed by atoms with Crippen LogP contribution in [-0.4, -0.2) is 56.2 Å². The van der Waals surface area contributed by atoms with E-state index in [0.717, 1.165) is 18.2 Å². The van der Waals surface area contributed by atoms with Crippen molar-refractivity contribution in [1.29, 1.82) is 0 Å². The first-order valence-corrected chi connectivity index (χ1v) is 9.62. The third-order valence-electron chi connectivity index (χ3n) is 5.60. The van der Waals surface area contributed by atoms with Crippen molar-refractivity contribution in [1.82, 2.24) is 14.9 Å². The number of ether oxygens (including phenoxy) is 1.